The van der Waals surface area contributed by atoms with Crippen LogP contribution in [0.15, 0.2) is 42.5 Å². The molecule has 21 heavy (non-hydrogen) atoms. The van der Waals surface area contributed by atoms with E-state index in [-0.39, 0.29) is 11.7 Å². The van der Waals surface area contributed by atoms with Gasteiger partial charge in [0.05, 0.1) is 0 Å². The standard InChI is InChI=1S/C17H19FN2O/c1-4-19-16-9-8-13(10-12(16)2)17(21)20(3)15-7-5-6-14(18)11-15/h5-11,19H,4H2,1-3H3. The minimum Gasteiger partial charge on any atom is -0.385 e. The molecule has 2 rings (SSSR count). The molecule has 0 unspecified atom stereocenters. The van der Waals surface area contributed by atoms with E-state index in [1.54, 1.807) is 25.2 Å². The molecule has 0 spiro atoms. The fourth-order valence-corrected chi connectivity index (χ4v) is 2.18. The van der Waals surface area contributed by atoms with Gasteiger partial charge < -0.3 is 10.2 Å². The van der Waals surface area contributed by atoms with Crippen molar-refractivity contribution in [1.29, 1.82) is 0 Å². The zero-order chi connectivity index (χ0) is 15.4. The number of amides is 1. The van der Waals surface area contributed by atoms with Crippen LogP contribution in [-0.2, 0) is 0 Å². The Morgan fingerprint density at radius 3 is 2.62 bits per heavy atom. The maximum Gasteiger partial charge on any atom is 0.258 e. The van der Waals surface area contributed by atoms with E-state index in [1.807, 2.05) is 26.0 Å². The molecule has 2 aromatic rings. The third-order valence-electron chi connectivity index (χ3n) is 3.34. The fourth-order valence-electron chi connectivity index (χ4n) is 2.18. The highest BCUT2D eigenvalue weighted by Gasteiger charge is 2.14. The van der Waals surface area contributed by atoms with E-state index >= 15 is 0 Å². The monoisotopic (exact) mass is 286 g/mol. The first-order chi connectivity index (χ1) is 10.0. The summed E-state index contributed by atoms with van der Waals surface area (Å²) in [6.07, 6.45) is 0. The summed E-state index contributed by atoms with van der Waals surface area (Å²) in [6, 6.07) is 11.5. The van der Waals surface area contributed by atoms with Crippen molar-refractivity contribution in [2.24, 2.45) is 0 Å². The van der Waals surface area contributed by atoms with Crippen LogP contribution in [0.1, 0.15) is 22.8 Å². The molecule has 0 aliphatic heterocycles. The predicted molar refractivity (Wildman–Crippen MR) is 84.5 cm³/mol. The van der Waals surface area contributed by atoms with Gasteiger partial charge in [0.15, 0.2) is 0 Å². The summed E-state index contributed by atoms with van der Waals surface area (Å²) < 4.78 is 13.2. The third-order valence-corrected chi connectivity index (χ3v) is 3.34. The Bertz CT molecular complexity index is 655. The van der Waals surface area contributed by atoms with Crippen LogP contribution in [0, 0.1) is 12.7 Å². The Balaban J connectivity index is 2.25. The number of hydrogen-bond acceptors (Lipinski definition) is 2. The Kier molecular flexibility index (Phi) is 4.58. The van der Waals surface area contributed by atoms with Crippen molar-refractivity contribution in [3.05, 3.63) is 59.4 Å². The van der Waals surface area contributed by atoms with Gasteiger partial charge in [-0.2, -0.15) is 0 Å². The molecule has 3 nitrogen and oxygen atoms in total. The Morgan fingerprint density at radius 2 is 2.00 bits per heavy atom. The molecule has 2 aromatic carbocycles. The predicted octanol–water partition coefficient (Wildman–Crippen LogP) is 3.84. The number of anilines is 2. The molecular formula is C17H19FN2O. The molecule has 0 saturated carbocycles. The first-order valence-corrected chi connectivity index (χ1v) is 6.91. The topological polar surface area (TPSA) is 32.3 Å². The van der Waals surface area contributed by atoms with E-state index in [0.29, 0.717) is 11.3 Å². The maximum atomic E-state index is 13.2. The van der Waals surface area contributed by atoms with E-state index in [1.165, 1.54) is 17.0 Å². The molecule has 0 radical (unpaired) electrons. The molecule has 0 heterocycles. The van der Waals surface area contributed by atoms with Gasteiger partial charge in [-0.05, 0) is 55.8 Å². The second kappa shape index (κ2) is 6.39. The summed E-state index contributed by atoms with van der Waals surface area (Å²) in [5.41, 5.74) is 3.15. The van der Waals surface area contributed by atoms with Gasteiger partial charge in [-0.25, -0.2) is 4.39 Å². The van der Waals surface area contributed by atoms with Crippen molar-refractivity contribution in [1.82, 2.24) is 0 Å². The van der Waals surface area contributed by atoms with Gasteiger partial charge in [-0.3, -0.25) is 4.79 Å². The molecule has 1 amide bonds. The molecule has 0 atom stereocenters. The number of hydrogen-bond donors (Lipinski definition) is 1. The highest BCUT2D eigenvalue weighted by molar-refractivity contribution is 6.06. The van der Waals surface area contributed by atoms with Crippen molar-refractivity contribution >= 4 is 17.3 Å². The van der Waals surface area contributed by atoms with E-state index in [2.05, 4.69) is 5.32 Å². The molecule has 0 aromatic heterocycles. The number of nitrogens with zero attached hydrogens (tertiary/aromatic N) is 1. The second-order valence-corrected chi connectivity index (χ2v) is 4.90. The van der Waals surface area contributed by atoms with Crippen molar-refractivity contribution in [3.8, 4) is 0 Å². The molecular weight excluding hydrogens is 267 g/mol. The van der Waals surface area contributed by atoms with E-state index in [9.17, 15) is 9.18 Å². The highest BCUT2D eigenvalue weighted by atomic mass is 19.1. The summed E-state index contributed by atoms with van der Waals surface area (Å²) in [4.78, 5) is 13.9. The van der Waals surface area contributed by atoms with Crippen LogP contribution in [0.4, 0.5) is 15.8 Å². The van der Waals surface area contributed by atoms with Gasteiger partial charge >= 0.3 is 0 Å². The van der Waals surface area contributed by atoms with Gasteiger partial charge in [0.1, 0.15) is 5.82 Å². The number of rotatable bonds is 4. The second-order valence-electron chi connectivity index (χ2n) is 4.90. The van der Waals surface area contributed by atoms with Crippen LogP contribution >= 0.6 is 0 Å². The van der Waals surface area contributed by atoms with Crippen molar-refractivity contribution in [2.45, 2.75) is 13.8 Å². The lowest BCUT2D eigenvalue weighted by Gasteiger charge is -2.18. The number of nitrogens with one attached hydrogen (secondary N) is 1. The summed E-state index contributed by atoms with van der Waals surface area (Å²) in [5.74, 6) is -0.516. The number of benzene rings is 2. The van der Waals surface area contributed by atoms with Crippen LogP contribution in [0.25, 0.3) is 0 Å². The normalized spacial score (nSPS) is 10.3. The highest BCUT2D eigenvalue weighted by Crippen LogP contribution is 2.20. The van der Waals surface area contributed by atoms with Gasteiger partial charge in [0.2, 0.25) is 0 Å². The SMILES string of the molecule is CCNc1ccc(C(=O)N(C)c2cccc(F)c2)cc1C. The smallest absolute Gasteiger partial charge is 0.258 e. The average Bonchev–Trinajstić information content (AvgIpc) is 2.48. The van der Waals surface area contributed by atoms with Gasteiger partial charge in [0.25, 0.3) is 5.91 Å². The molecule has 0 saturated heterocycles. The largest absolute Gasteiger partial charge is 0.385 e. The van der Waals surface area contributed by atoms with Crippen LogP contribution in [0.2, 0.25) is 0 Å². The molecule has 110 valence electrons. The van der Waals surface area contributed by atoms with Gasteiger partial charge in [-0.15, -0.1) is 0 Å². The first kappa shape index (κ1) is 15.0. The summed E-state index contributed by atoms with van der Waals surface area (Å²) in [5, 5.41) is 3.24. The quantitative estimate of drug-likeness (QED) is 0.926. The molecule has 0 fully saturated rings. The number of carbonyl (C=O) groups is 1. The zero-order valence-corrected chi connectivity index (χ0v) is 12.5. The number of aryl methyl sites for hydroxylation is 1. The summed E-state index contributed by atoms with van der Waals surface area (Å²) in [7, 11) is 1.64. The third kappa shape index (κ3) is 3.40. The zero-order valence-electron chi connectivity index (χ0n) is 12.5. The average molecular weight is 286 g/mol. The first-order valence-electron chi connectivity index (χ1n) is 6.91. The minimum atomic E-state index is -0.356. The molecule has 0 aliphatic rings. The van der Waals surface area contributed by atoms with E-state index in [4.69, 9.17) is 0 Å². The lowest BCUT2D eigenvalue weighted by molar-refractivity contribution is 0.0993. The molecule has 0 aliphatic carbocycles. The molecule has 1 N–H and O–H groups in total. The summed E-state index contributed by atoms with van der Waals surface area (Å²) >= 11 is 0. The van der Waals surface area contributed by atoms with Crippen molar-refractivity contribution in [2.75, 3.05) is 23.8 Å². The van der Waals surface area contributed by atoms with Crippen LogP contribution in [0.3, 0.4) is 0 Å². The Hall–Kier alpha value is -2.36. The van der Waals surface area contributed by atoms with Crippen molar-refractivity contribution < 1.29 is 9.18 Å². The van der Waals surface area contributed by atoms with Crippen LogP contribution in [-0.4, -0.2) is 19.5 Å². The van der Waals surface area contributed by atoms with Gasteiger partial charge in [0, 0.05) is 30.5 Å². The minimum absolute atomic E-state index is 0.160. The van der Waals surface area contributed by atoms with Crippen molar-refractivity contribution in [3.63, 3.8) is 0 Å². The Labute approximate surface area is 124 Å². The molecule has 4 heteroatoms. The van der Waals surface area contributed by atoms with E-state index < -0.39 is 0 Å². The van der Waals surface area contributed by atoms with Gasteiger partial charge in [-0.1, -0.05) is 6.07 Å². The maximum absolute atomic E-state index is 13.2. The lowest BCUT2D eigenvalue weighted by Crippen LogP contribution is -2.26. The Morgan fingerprint density at radius 1 is 1.24 bits per heavy atom. The molecule has 0 bridgehead atoms. The fraction of sp³-hybridized carbons (Fsp3) is 0.235. The van der Waals surface area contributed by atoms with Crippen LogP contribution < -0.4 is 10.2 Å². The number of halogens is 1. The summed E-state index contributed by atoms with van der Waals surface area (Å²) in [6.45, 7) is 4.81. The lowest BCUT2D eigenvalue weighted by atomic mass is 10.1. The number of carbonyl (C=O) groups excluding carboxylic acids is 1. The van der Waals surface area contributed by atoms with E-state index in [0.717, 1.165) is 17.8 Å². The van der Waals surface area contributed by atoms with Crippen LogP contribution in [0.5, 0.6) is 0 Å².